The van der Waals surface area contributed by atoms with Gasteiger partial charge in [-0.05, 0) is 22.9 Å². The molecule has 0 aromatic heterocycles. The van der Waals surface area contributed by atoms with Gasteiger partial charge in [0.05, 0.1) is 0 Å². The third kappa shape index (κ3) is 2.49. The number of anilines is 1. The number of para-hydroxylation sites is 1. The third-order valence-electron chi connectivity index (χ3n) is 3.07. The zero-order chi connectivity index (χ0) is 13.1. The van der Waals surface area contributed by atoms with Gasteiger partial charge in [-0.1, -0.05) is 72.9 Å². The van der Waals surface area contributed by atoms with Crippen LogP contribution in [0.15, 0.2) is 72.8 Å². The highest BCUT2D eigenvalue weighted by atomic mass is 32.1. The Morgan fingerprint density at radius 2 is 1.42 bits per heavy atom. The van der Waals surface area contributed by atoms with Crippen LogP contribution in [0.4, 0.5) is 5.69 Å². The monoisotopic (exact) mass is 263 g/mol. The van der Waals surface area contributed by atoms with Crippen molar-refractivity contribution in [3.8, 4) is 0 Å². The molecule has 0 radical (unpaired) electrons. The SMILES string of the molecule is S=C(Nc1ccccc1)c1cccc2ccccc12. The zero-order valence-electron chi connectivity index (χ0n) is 10.3. The Morgan fingerprint density at radius 1 is 0.737 bits per heavy atom. The first-order chi connectivity index (χ1) is 9.34. The van der Waals surface area contributed by atoms with Crippen molar-refractivity contribution in [3.05, 3.63) is 78.4 Å². The first-order valence-electron chi connectivity index (χ1n) is 6.19. The van der Waals surface area contributed by atoms with Crippen LogP contribution in [0.2, 0.25) is 0 Å². The summed E-state index contributed by atoms with van der Waals surface area (Å²) in [7, 11) is 0. The van der Waals surface area contributed by atoms with E-state index in [0.717, 1.165) is 16.2 Å². The molecule has 3 aromatic carbocycles. The molecule has 0 saturated heterocycles. The predicted octanol–water partition coefficient (Wildman–Crippen LogP) is 4.63. The maximum Gasteiger partial charge on any atom is 0.111 e. The molecule has 0 amide bonds. The van der Waals surface area contributed by atoms with Gasteiger partial charge in [-0.15, -0.1) is 0 Å². The van der Waals surface area contributed by atoms with E-state index in [0.29, 0.717) is 0 Å². The van der Waals surface area contributed by atoms with Crippen LogP contribution >= 0.6 is 12.2 Å². The second-order valence-corrected chi connectivity index (χ2v) is 4.76. The van der Waals surface area contributed by atoms with Crippen LogP contribution in [0, 0.1) is 0 Å². The molecule has 3 aromatic rings. The van der Waals surface area contributed by atoms with Crippen LogP contribution in [0.1, 0.15) is 5.56 Å². The Bertz CT molecular complexity index is 714. The molecule has 1 nitrogen and oxygen atoms in total. The van der Waals surface area contributed by atoms with Gasteiger partial charge < -0.3 is 5.32 Å². The summed E-state index contributed by atoms with van der Waals surface area (Å²) in [5, 5.41) is 5.67. The van der Waals surface area contributed by atoms with Crippen molar-refractivity contribution in [1.82, 2.24) is 0 Å². The molecule has 0 saturated carbocycles. The van der Waals surface area contributed by atoms with E-state index in [2.05, 4.69) is 29.6 Å². The van der Waals surface area contributed by atoms with Gasteiger partial charge in [-0.25, -0.2) is 0 Å². The van der Waals surface area contributed by atoms with Crippen molar-refractivity contribution in [3.63, 3.8) is 0 Å². The summed E-state index contributed by atoms with van der Waals surface area (Å²) >= 11 is 5.52. The molecule has 0 bridgehead atoms. The lowest BCUT2D eigenvalue weighted by molar-refractivity contribution is 1.63. The van der Waals surface area contributed by atoms with Gasteiger partial charge in [0.1, 0.15) is 4.99 Å². The third-order valence-corrected chi connectivity index (χ3v) is 3.39. The van der Waals surface area contributed by atoms with Gasteiger partial charge in [0.15, 0.2) is 0 Å². The average Bonchev–Trinajstić information content (AvgIpc) is 2.47. The second-order valence-electron chi connectivity index (χ2n) is 4.35. The molecule has 0 aliphatic rings. The van der Waals surface area contributed by atoms with E-state index in [1.807, 2.05) is 48.5 Å². The number of hydrogen-bond acceptors (Lipinski definition) is 1. The minimum atomic E-state index is 0.753. The van der Waals surface area contributed by atoms with Crippen molar-refractivity contribution < 1.29 is 0 Å². The van der Waals surface area contributed by atoms with E-state index in [9.17, 15) is 0 Å². The van der Waals surface area contributed by atoms with Crippen LogP contribution in [-0.2, 0) is 0 Å². The number of fused-ring (bicyclic) bond motifs is 1. The van der Waals surface area contributed by atoms with E-state index >= 15 is 0 Å². The lowest BCUT2D eigenvalue weighted by Crippen LogP contribution is -2.10. The fourth-order valence-electron chi connectivity index (χ4n) is 2.14. The molecule has 0 atom stereocenters. The first kappa shape index (κ1) is 11.9. The summed E-state index contributed by atoms with van der Waals surface area (Å²) in [6.07, 6.45) is 0. The van der Waals surface area contributed by atoms with E-state index < -0.39 is 0 Å². The molecule has 2 heteroatoms. The summed E-state index contributed by atoms with van der Waals surface area (Å²) in [4.78, 5) is 0.753. The van der Waals surface area contributed by atoms with Crippen LogP contribution in [-0.4, -0.2) is 4.99 Å². The quantitative estimate of drug-likeness (QED) is 0.677. The molecule has 3 rings (SSSR count). The summed E-state index contributed by atoms with van der Waals surface area (Å²) in [6, 6.07) is 24.5. The first-order valence-corrected chi connectivity index (χ1v) is 6.59. The van der Waals surface area contributed by atoms with Gasteiger partial charge >= 0.3 is 0 Å². The highest BCUT2D eigenvalue weighted by molar-refractivity contribution is 7.81. The Morgan fingerprint density at radius 3 is 2.26 bits per heavy atom. The zero-order valence-corrected chi connectivity index (χ0v) is 11.2. The number of hydrogen-bond donors (Lipinski definition) is 1. The molecule has 1 N–H and O–H groups in total. The van der Waals surface area contributed by atoms with E-state index in [-0.39, 0.29) is 0 Å². The lowest BCUT2D eigenvalue weighted by Gasteiger charge is -2.10. The molecule has 0 aliphatic heterocycles. The molecule has 0 unspecified atom stereocenters. The highest BCUT2D eigenvalue weighted by Gasteiger charge is 2.05. The number of nitrogens with one attached hydrogen (secondary N) is 1. The molecular weight excluding hydrogens is 250 g/mol. The fraction of sp³-hybridized carbons (Fsp3) is 0. The largest absolute Gasteiger partial charge is 0.346 e. The summed E-state index contributed by atoms with van der Waals surface area (Å²) in [5.74, 6) is 0. The Kier molecular flexibility index (Phi) is 3.25. The molecule has 0 fully saturated rings. The normalized spacial score (nSPS) is 10.3. The summed E-state index contributed by atoms with van der Waals surface area (Å²) in [6.45, 7) is 0. The van der Waals surface area contributed by atoms with Crippen LogP contribution in [0.3, 0.4) is 0 Å². The van der Waals surface area contributed by atoms with Gasteiger partial charge in [0.2, 0.25) is 0 Å². The van der Waals surface area contributed by atoms with Gasteiger partial charge in [-0.2, -0.15) is 0 Å². The van der Waals surface area contributed by atoms with Crippen LogP contribution in [0.5, 0.6) is 0 Å². The maximum absolute atomic E-state index is 5.52. The highest BCUT2D eigenvalue weighted by Crippen LogP contribution is 2.20. The number of rotatable bonds is 2. The van der Waals surface area contributed by atoms with Crippen molar-refractivity contribution in [2.45, 2.75) is 0 Å². The molecular formula is C17H13NS. The van der Waals surface area contributed by atoms with Crippen molar-refractivity contribution in [1.29, 1.82) is 0 Å². The van der Waals surface area contributed by atoms with E-state index in [1.54, 1.807) is 0 Å². The lowest BCUT2D eigenvalue weighted by atomic mass is 10.0. The van der Waals surface area contributed by atoms with Gasteiger partial charge in [0.25, 0.3) is 0 Å². The second kappa shape index (κ2) is 5.21. The average molecular weight is 263 g/mol. The molecule has 0 heterocycles. The predicted molar refractivity (Wildman–Crippen MR) is 85.7 cm³/mol. The minimum absolute atomic E-state index is 0.753. The topological polar surface area (TPSA) is 12.0 Å². The number of benzene rings is 3. The molecule has 0 spiro atoms. The van der Waals surface area contributed by atoms with Crippen molar-refractivity contribution in [2.75, 3.05) is 5.32 Å². The van der Waals surface area contributed by atoms with E-state index in [4.69, 9.17) is 12.2 Å². The fourth-order valence-corrected chi connectivity index (χ4v) is 2.44. The van der Waals surface area contributed by atoms with Crippen molar-refractivity contribution >= 4 is 33.7 Å². The molecule has 19 heavy (non-hydrogen) atoms. The standard InChI is InChI=1S/C17H13NS/c19-17(18-14-9-2-1-3-10-14)16-12-6-8-13-7-4-5-11-15(13)16/h1-12H,(H,18,19). The Balaban J connectivity index is 1.98. The number of thiocarbonyl (C=S) groups is 1. The molecule has 92 valence electrons. The minimum Gasteiger partial charge on any atom is -0.346 e. The smallest absolute Gasteiger partial charge is 0.111 e. The molecule has 0 aliphatic carbocycles. The summed E-state index contributed by atoms with van der Waals surface area (Å²) in [5.41, 5.74) is 2.08. The van der Waals surface area contributed by atoms with E-state index in [1.165, 1.54) is 10.8 Å². The van der Waals surface area contributed by atoms with Gasteiger partial charge in [0, 0.05) is 11.3 Å². The van der Waals surface area contributed by atoms with Crippen LogP contribution in [0.25, 0.3) is 10.8 Å². The Labute approximate surface area is 117 Å². The summed E-state index contributed by atoms with van der Waals surface area (Å²) < 4.78 is 0. The van der Waals surface area contributed by atoms with Crippen molar-refractivity contribution in [2.24, 2.45) is 0 Å². The Hall–Kier alpha value is -2.19. The maximum atomic E-state index is 5.52. The van der Waals surface area contributed by atoms with Gasteiger partial charge in [-0.3, -0.25) is 0 Å². The van der Waals surface area contributed by atoms with Crippen LogP contribution < -0.4 is 5.32 Å².